The normalized spacial score (nSPS) is 28.3. The second kappa shape index (κ2) is 7.58. The van der Waals surface area contributed by atoms with E-state index in [4.69, 9.17) is 0 Å². The molecule has 0 aromatic carbocycles. The maximum Gasteiger partial charge on any atom is 0.261 e. The van der Waals surface area contributed by atoms with Crippen molar-refractivity contribution in [2.75, 3.05) is 19.6 Å². The van der Waals surface area contributed by atoms with Gasteiger partial charge in [-0.1, -0.05) is 13.3 Å². The average Bonchev–Trinajstić information content (AvgIpc) is 2.65. The number of ketones is 1. The van der Waals surface area contributed by atoms with Crippen LogP contribution in [0.5, 0.6) is 0 Å². The van der Waals surface area contributed by atoms with Crippen LogP contribution in [0.15, 0.2) is 10.9 Å². The lowest BCUT2D eigenvalue weighted by atomic mass is 9.83. The minimum Gasteiger partial charge on any atom is -0.352 e. The van der Waals surface area contributed by atoms with Gasteiger partial charge in [0.15, 0.2) is 5.78 Å². The molecular weight excluding hydrogens is 342 g/mol. The van der Waals surface area contributed by atoms with E-state index in [9.17, 15) is 14.4 Å². The number of H-pyrrole nitrogens is 1. The molecule has 27 heavy (non-hydrogen) atoms. The van der Waals surface area contributed by atoms with Crippen LogP contribution in [0.2, 0.25) is 0 Å². The zero-order chi connectivity index (χ0) is 19.0. The number of aromatic nitrogens is 1. The van der Waals surface area contributed by atoms with Crippen molar-refractivity contribution in [1.82, 2.24) is 15.2 Å². The molecule has 1 aromatic rings. The van der Waals surface area contributed by atoms with Gasteiger partial charge in [0, 0.05) is 30.3 Å². The molecule has 0 bridgehead atoms. The van der Waals surface area contributed by atoms with Crippen LogP contribution in [-0.4, -0.2) is 47.3 Å². The van der Waals surface area contributed by atoms with Gasteiger partial charge in [0.2, 0.25) is 0 Å². The van der Waals surface area contributed by atoms with E-state index in [0.29, 0.717) is 42.6 Å². The minimum atomic E-state index is -0.393. The molecule has 1 aromatic heterocycles. The van der Waals surface area contributed by atoms with Crippen LogP contribution in [-0.2, 0) is 6.42 Å². The number of pyridine rings is 1. The largest absolute Gasteiger partial charge is 0.352 e. The summed E-state index contributed by atoms with van der Waals surface area (Å²) in [5, 5.41) is 2.98. The van der Waals surface area contributed by atoms with E-state index in [2.05, 4.69) is 15.2 Å². The van der Waals surface area contributed by atoms with Crippen molar-refractivity contribution >= 4 is 11.7 Å². The predicted octanol–water partition coefficient (Wildman–Crippen LogP) is 2.13. The highest BCUT2D eigenvalue weighted by atomic mass is 16.2. The lowest BCUT2D eigenvalue weighted by Gasteiger charge is -2.44. The first kappa shape index (κ1) is 18.4. The first-order chi connectivity index (χ1) is 13.0. The first-order valence-electron chi connectivity index (χ1n) is 10.3. The summed E-state index contributed by atoms with van der Waals surface area (Å²) in [5.41, 5.74) is 0.850. The molecule has 0 spiro atoms. The van der Waals surface area contributed by atoms with Crippen molar-refractivity contribution in [2.45, 2.75) is 57.9 Å². The fraction of sp³-hybridized carbons (Fsp3) is 0.667. The standard InChI is InChI=1S/C21H29N3O3/c1-13-9-17-15(19(25)10-13)11-16(21(27)23-17)20(26)22-12-14-5-4-8-24-7-3-2-6-18(14)24/h11,13-14,18H,2-10,12H2,1H3,(H,22,26)(H,23,27). The molecule has 3 aliphatic rings. The quantitative estimate of drug-likeness (QED) is 0.853. The topological polar surface area (TPSA) is 82.3 Å². The molecule has 0 saturated carbocycles. The number of nitrogens with zero attached hydrogens (tertiary/aromatic N) is 1. The average molecular weight is 371 g/mol. The molecule has 2 N–H and O–H groups in total. The van der Waals surface area contributed by atoms with Crippen LogP contribution in [0, 0.1) is 11.8 Å². The van der Waals surface area contributed by atoms with Gasteiger partial charge in [0.1, 0.15) is 5.56 Å². The second-order valence-corrected chi connectivity index (χ2v) is 8.55. The van der Waals surface area contributed by atoms with Gasteiger partial charge in [-0.3, -0.25) is 14.4 Å². The monoisotopic (exact) mass is 371 g/mol. The van der Waals surface area contributed by atoms with E-state index in [1.807, 2.05) is 6.92 Å². The van der Waals surface area contributed by atoms with Gasteiger partial charge in [0.25, 0.3) is 11.5 Å². The van der Waals surface area contributed by atoms with Crippen molar-refractivity contribution in [3.63, 3.8) is 0 Å². The molecule has 2 aliphatic heterocycles. The second-order valence-electron chi connectivity index (χ2n) is 8.55. The third-order valence-electron chi connectivity index (χ3n) is 6.51. The third-order valence-corrected chi connectivity index (χ3v) is 6.51. The summed E-state index contributed by atoms with van der Waals surface area (Å²) in [5.74, 6) is 0.324. The van der Waals surface area contributed by atoms with Gasteiger partial charge < -0.3 is 15.2 Å². The smallest absolute Gasteiger partial charge is 0.261 e. The van der Waals surface area contributed by atoms with Gasteiger partial charge in [-0.15, -0.1) is 0 Å². The Morgan fingerprint density at radius 2 is 2.00 bits per heavy atom. The van der Waals surface area contributed by atoms with Crippen molar-refractivity contribution in [3.8, 4) is 0 Å². The highest BCUT2D eigenvalue weighted by Gasteiger charge is 2.33. The molecule has 146 valence electrons. The van der Waals surface area contributed by atoms with Gasteiger partial charge in [0.05, 0.1) is 0 Å². The van der Waals surface area contributed by atoms with Crippen LogP contribution in [0.3, 0.4) is 0 Å². The first-order valence-corrected chi connectivity index (χ1v) is 10.3. The molecule has 3 unspecified atom stereocenters. The zero-order valence-corrected chi connectivity index (χ0v) is 16.1. The third kappa shape index (κ3) is 3.72. The number of rotatable bonds is 3. The number of hydrogen-bond donors (Lipinski definition) is 2. The fourth-order valence-corrected chi connectivity index (χ4v) is 5.13. The Bertz CT molecular complexity index is 798. The van der Waals surface area contributed by atoms with Crippen molar-refractivity contribution in [2.24, 2.45) is 11.8 Å². The Morgan fingerprint density at radius 1 is 1.19 bits per heavy atom. The highest BCUT2D eigenvalue weighted by molar-refractivity contribution is 6.01. The van der Waals surface area contributed by atoms with Gasteiger partial charge in [-0.25, -0.2) is 0 Å². The number of carbonyl (C=O) groups excluding carboxylic acids is 2. The number of amides is 1. The van der Waals surface area contributed by atoms with Crippen LogP contribution in [0.4, 0.5) is 0 Å². The SMILES string of the molecule is CC1CC(=O)c2cc(C(=O)NCC3CCCN4CCCCC34)c(=O)[nH]c2C1. The number of nitrogens with one attached hydrogen (secondary N) is 2. The summed E-state index contributed by atoms with van der Waals surface area (Å²) < 4.78 is 0. The maximum absolute atomic E-state index is 12.7. The van der Waals surface area contributed by atoms with Crippen LogP contribution >= 0.6 is 0 Å². The molecule has 1 aliphatic carbocycles. The molecule has 3 atom stereocenters. The molecule has 0 radical (unpaired) electrons. The Kier molecular flexibility index (Phi) is 5.17. The maximum atomic E-state index is 12.7. The number of fused-ring (bicyclic) bond motifs is 2. The Labute approximate surface area is 159 Å². The lowest BCUT2D eigenvalue weighted by Crippen LogP contribution is -2.51. The number of carbonyl (C=O) groups is 2. The summed E-state index contributed by atoms with van der Waals surface area (Å²) in [6.45, 7) is 4.93. The molecule has 2 fully saturated rings. The Morgan fingerprint density at radius 3 is 2.85 bits per heavy atom. The van der Waals surface area contributed by atoms with E-state index in [1.54, 1.807) is 0 Å². The Hall–Kier alpha value is -1.95. The molecular formula is C21H29N3O3. The predicted molar refractivity (Wildman–Crippen MR) is 103 cm³/mol. The number of Topliss-reactive ketones (excluding diaryl/α,β-unsaturated/α-hetero) is 1. The van der Waals surface area contributed by atoms with Crippen LogP contribution in [0.25, 0.3) is 0 Å². The van der Waals surface area contributed by atoms with E-state index >= 15 is 0 Å². The van der Waals surface area contributed by atoms with Gasteiger partial charge in [-0.05, 0) is 63.1 Å². The van der Waals surface area contributed by atoms with E-state index in [1.165, 1.54) is 44.8 Å². The molecule has 1 amide bonds. The van der Waals surface area contributed by atoms with Crippen LogP contribution in [0.1, 0.15) is 71.9 Å². The van der Waals surface area contributed by atoms with E-state index < -0.39 is 5.56 Å². The molecule has 6 nitrogen and oxygen atoms in total. The zero-order valence-electron chi connectivity index (χ0n) is 16.1. The van der Waals surface area contributed by atoms with Gasteiger partial charge in [-0.2, -0.15) is 0 Å². The van der Waals surface area contributed by atoms with Crippen molar-refractivity contribution < 1.29 is 9.59 Å². The summed E-state index contributed by atoms with van der Waals surface area (Å²) in [6.07, 6.45) is 7.18. The van der Waals surface area contributed by atoms with E-state index in [-0.39, 0.29) is 23.2 Å². The number of aromatic amines is 1. The van der Waals surface area contributed by atoms with E-state index in [0.717, 1.165) is 6.42 Å². The molecule has 6 heteroatoms. The molecule has 4 rings (SSSR count). The number of piperidine rings is 2. The summed E-state index contributed by atoms with van der Waals surface area (Å²) in [4.78, 5) is 42.7. The summed E-state index contributed by atoms with van der Waals surface area (Å²) in [6, 6.07) is 2.06. The van der Waals surface area contributed by atoms with Crippen molar-refractivity contribution in [3.05, 3.63) is 33.2 Å². The Balaban J connectivity index is 1.46. The summed E-state index contributed by atoms with van der Waals surface area (Å²) in [7, 11) is 0. The van der Waals surface area contributed by atoms with Crippen LogP contribution < -0.4 is 10.9 Å². The summed E-state index contributed by atoms with van der Waals surface area (Å²) >= 11 is 0. The molecule has 2 saturated heterocycles. The lowest BCUT2D eigenvalue weighted by molar-refractivity contribution is 0.0575. The highest BCUT2D eigenvalue weighted by Crippen LogP contribution is 2.30. The minimum absolute atomic E-state index is 0.0131. The number of hydrogen-bond acceptors (Lipinski definition) is 4. The van der Waals surface area contributed by atoms with Gasteiger partial charge >= 0.3 is 0 Å². The fourth-order valence-electron chi connectivity index (χ4n) is 5.13. The molecule has 3 heterocycles. The van der Waals surface area contributed by atoms with Crippen molar-refractivity contribution in [1.29, 1.82) is 0 Å².